The number of hydrogen-bond donors (Lipinski definition) is 1. The van der Waals surface area contributed by atoms with Gasteiger partial charge in [-0.05, 0) is 5.56 Å². The van der Waals surface area contributed by atoms with Gasteiger partial charge >= 0.3 is 5.97 Å². The van der Waals surface area contributed by atoms with Gasteiger partial charge in [0, 0.05) is 12.8 Å². The van der Waals surface area contributed by atoms with Crippen molar-refractivity contribution < 1.29 is 14.6 Å². The summed E-state index contributed by atoms with van der Waals surface area (Å²) in [4.78, 5) is 11.2. The van der Waals surface area contributed by atoms with Crippen molar-refractivity contribution in [1.82, 2.24) is 0 Å². The van der Waals surface area contributed by atoms with E-state index in [4.69, 9.17) is 4.74 Å². The van der Waals surface area contributed by atoms with Crippen LogP contribution in [-0.4, -0.2) is 23.3 Å². The van der Waals surface area contributed by atoms with E-state index in [0.717, 1.165) is 5.56 Å². The normalized spacial score (nSPS) is 26.2. The zero-order chi connectivity index (χ0) is 10.0. The molecule has 1 aromatic carbocycles. The van der Waals surface area contributed by atoms with E-state index in [-0.39, 0.29) is 0 Å². The molecular weight excluding hydrogens is 180 g/mol. The molecule has 0 aliphatic carbocycles. The van der Waals surface area contributed by atoms with Gasteiger partial charge in [-0.15, -0.1) is 0 Å². The Hall–Kier alpha value is -1.35. The van der Waals surface area contributed by atoms with E-state index in [1.165, 1.54) is 0 Å². The molecule has 14 heavy (non-hydrogen) atoms. The first kappa shape index (κ1) is 9.21. The second-order valence-electron chi connectivity index (χ2n) is 3.58. The molecule has 1 aromatic rings. The van der Waals surface area contributed by atoms with Gasteiger partial charge in [0.25, 0.3) is 0 Å². The fourth-order valence-corrected chi connectivity index (χ4v) is 1.64. The molecule has 1 saturated heterocycles. The lowest BCUT2D eigenvalue weighted by atomic mass is 9.93. The van der Waals surface area contributed by atoms with Gasteiger partial charge in [0.15, 0.2) is 5.60 Å². The SMILES string of the molecule is O=C1OCC[C@@]1(O)Cc1ccccc1. The Balaban J connectivity index is 2.14. The summed E-state index contributed by atoms with van der Waals surface area (Å²) >= 11 is 0. The molecule has 1 N–H and O–H groups in total. The third-order valence-electron chi connectivity index (χ3n) is 2.47. The maximum atomic E-state index is 11.2. The van der Waals surface area contributed by atoms with Crippen molar-refractivity contribution in [1.29, 1.82) is 0 Å². The number of ether oxygens (including phenoxy) is 1. The van der Waals surface area contributed by atoms with E-state index in [9.17, 15) is 9.90 Å². The predicted octanol–water partition coefficient (Wildman–Crippen LogP) is 0.907. The van der Waals surface area contributed by atoms with Crippen LogP contribution in [0.1, 0.15) is 12.0 Å². The maximum Gasteiger partial charge on any atom is 0.338 e. The molecule has 0 bridgehead atoms. The molecule has 0 amide bonds. The molecule has 1 heterocycles. The monoisotopic (exact) mass is 192 g/mol. The molecule has 2 rings (SSSR count). The lowest BCUT2D eigenvalue weighted by molar-refractivity contribution is -0.152. The van der Waals surface area contributed by atoms with E-state index in [2.05, 4.69) is 0 Å². The van der Waals surface area contributed by atoms with Crippen molar-refractivity contribution in [2.24, 2.45) is 0 Å². The van der Waals surface area contributed by atoms with Gasteiger partial charge in [0.2, 0.25) is 0 Å². The Morgan fingerprint density at radius 3 is 2.64 bits per heavy atom. The lowest BCUT2D eigenvalue weighted by Gasteiger charge is -2.17. The van der Waals surface area contributed by atoms with Crippen LogP contribution >= 0.6 is 0 Å². The Morgan fingerprint density at radius 1 is 1.36 bits per heavy atom. The summed E-state index contributed by atoms with van der Waals surface area (Å²) in [5, 5.41) is 9.94. The zero-order valence-corrected chi connectivity index (χ0v) is 7.77. The first-order valence-corrected chi connectivity index (χ1v) is 4.64. The lowest BCUT2D eigenvalue weighted by Crippen LogP contribution is -2.36. The zero-order valence-electron chi connectivity index (χ0n) is 7.77. The maximum absolute atomic E-state index is 11.2. The molecule has 1 aliphatic rings. The largest absolute Gasteiger partial charge is 0.463 e. The first-order chi connectivity index (χ1) is 6.71. The summed E-state index contributed by atoms with van der Waals surface area (Å²) in [7, 11) is 0. The van der Waals surface area contributed by atoms with Gasteiger partial charge in [-0.2, -0.15) is 0 Å². The third-order valence-corrected chi connectivity index (χ3v) is 2.47. The van der Waals surface area contributed by atoms with E-state index < -0.39 is 11.6 Å². The number of rotatable bonds is 2. The Labute approximate surface area is 82.3 Å². The second-order valence-corrected chi connectivity index (χ2v) is 3.58. The minimum Gasteiger partial charge on any atom is -0.463 e. The molecule has 3 heteroatoms. The fraction of sp³-hybridized carbons (Fsp3) is 0.364. The summed E-state index contributed by atoms with van der Waals surface area (Å²) < 4.78 is 4.75. The molecule has 0 saturated carbocycles. The minimum absolute atomic E-state index is 0.322. The van der Waals surface area contributed by atoms with Crippen LogP contribution < -0.4 is 0 Å². The van der Waals surface area contributed by atoms with E-state index >= 15 is 0 Å². The van der Waals surface area contributed by atoms with Crippen molar-refractivity contribution in [3.05, 3.63) is 35.9 Å². The predicted molar refractivity (Wildman–Crippen MR) is 50.7 cm³/mol. The molecule has 3 nitrogen and oxygen atoms in total. The van der Waals surface area contributed by atoms with Gasteiger partial charge in [-0.3, -0.25) is 0 Å². The quantitative estimate of drug-likeness (QED) is 0.708. The van der Waals surface area contributed by atoms with Crippen molar-refractivity contribution in [3.63, 3.8) is 0 Å². The average Bonchev–Trinajstić information content (AvgIpc) is 2.48. The molecule has 0 aromatic heterocycles. The van der Waals surface area contributed by atoms with Gasteiger partial charge in [0.05, 0.1) is 6.61 Å². The number of carbonyl (C=O) groups is 1. The van der Waals surface area contributed by atoms with Crippen LogP contribution in [0.5, 0.6) is 0 Å². The van der Waals surface area contributed by atoms with Crippen LogP contribution in [0.15, 0.2) is 30.3 Å². The molecule has 1 aliphatic heterocycles. The number of carbonyl (C=O) groups excluding carboxylic acids is 1. The first-order valence-electron chi connectivity index (χ1n) is 4.64. The minimum atomic E-state index is -1.30. The van der Waals surface area contributed by atoms with E-state index in [0.29, 0.717) is 19.4 Å². The number of esters is 1. The number of hydrogen-bond acceptors (Lipinski definition) is 3. The van der Waals surface area contributed by atoms with Crippen LogP contribution in [0, 0.1) is 0 Å². The molecule has 1 atom stereocenters. The molecule has 0 spiro atoms. The molecule has 74 valence electrons. The van der Waals surface area contributed by atoms with Crippen LogP contribution in [0.4, 0.5) is 0 Å². The molecule has 0 unspecified atom stereocenters. The van der Waals surface area contributed by atoms with Crippen LogP contribution in [0.25, 0.3) is 0 Å². The van der Waals surface area contributed by atoms with Gasteiger partial charge in [0.1, 0.15) is 0 Å². The summed E-state index contributed by atoms with van der Waals surface area (Å²) in [6.07, 6.45) is 0.730. The number of cyclic esters (lactones) is 1. The summed E-state index contributed by atoms with van der Waals surface area (Å²) in [5.74, 6) is -0.499. The highest BCUT2D eigenvalue weighted by molar-refractivity contribution is 5.81. The Kier molecular flexibility index (Phi) is 2.25. The highest BCUT2D eigenvalue weighted by Crippen LogP contribution is 2.24. The van der Waals surface area contributed by atoms with Gasteiger partial charge < -0.3 is 9.84 Å². The average molecular weight is 192 g/mol. The molecular formula is C11H12O3. The van der Waals surface area contributed by atoms with E-state index in [1.807, 2.05) is 30.3 Å². The van der Waals surface area contributed by atoms with Crippen LogP contribution in [-0.2, 0) is 16.0 Å². The summed E-state index contributed by atoms with van der Waals surface area (Å²) in [6.45, 7) is 0.322. The Morgan fingerprint density at radius 2 is 2.07 bits per heavy atom. The third kappa shape index (κ3) is 1.63. The van der Waals surface area contributed by atoms with Gasteiger partial charge in [-0.1, -0.05) is 30.3 Å². The van der Waals surface area contributed by atoms with Crippen LogP contribution in [0.3, 0.4) is 0 Å². The van der Waals surface area contributed by atoms with Crippen molar-refractivity contribution in [2.45, 2.75) is 18.4 Å². The summed E-state index contributed by atoms with van der Waals surface area (Å²) in [5.41, 5.74) is -0.352. The molecule has 1 fully saturated rings. The van der Waals surface area contributed by atoms with Crippen molar-refractivity contribution in [2.75, 3.05) is 6.61 Å². The van der Waals surface area contributed by atoms with Gasteiger partial charge in [-0.25, -0.2) is 4.79 Å². The van der Waals surface area contributed by atoms with Crippen LogP contribution in [0.2, 0.25) is 0 Å². The van der Waals surface area contributed by atoms with Crippen molar-refractivity contribution >= 4 is 5.97 Å². The van der Waals surface area contributed by atoms with E-state index in [1.54, 1.807) is 0 Å². The van der Waals surface area contributed by atoms with Crippen molar-refractivity contribution in [3.8, 4) is 0 Å². The number of aliphatic hydroxyl groups is 1. The smallest absolute Gasteiger partial charge is 0.338 e. The molecule has 0 radical (unpaired) electrons. The fourth-order valence-electron chi connectivity index (χ4n) is 1.64. The second kappa shape index (κ2) is 3.42. The highest BCUT2D eigenvalue weighted by Gasteiger charge is 2.42. The highest BCUT2D eigenvalue weighted by atomic mass is 16.6. The Bertz CT molecular complexity index is 334. The topological polar surface area (TPSA) is 46.5 Å². The standard InChI is InChI=1S/C11H12O3/c12-10-11(13,6-7-14-10)8-9-4-2-1-3-5-9/h1-5,13H,6-8H2/t11-/m1/s1. The number of benzene rings is 1. The summed E-state index contributed by atoms with van der Waals surface area (Å²) in [6, 6.07) is 9.46.